The molecule has 0 N–H and O–H groups in total. The van der Waals surface area contributed by atoms with E-state index in [1.165, 1.54) is 0 Å². The summed E-state index contributed by atoms with van der Waals surface area (Å²) < 4.78 is 4.25. The molecule has 0 radical (unpaired) electrons. The first-order valence-electron chi connectivity index (χ1n) is 6.00. The van der Waals surface area contributed by atoms with Gasteiger partial charge in [-0.2, -0.15) is 5.10 Å². The first-order valence-corrected chi connectivity index (χ1v) is 7.18. The van der Waals surface area contributed by atoms with Crippen molar-refractivity contribution >= 4 is 27.5 Å². The molecule has 19 heavy (non-hydrogen) atoms. The summed E-state index contributed by atoms with van der Waals surface area (Å²) in [5.41, 5.74) is 2.39. The average molecular weight is 345 g/mol. The number of pyridine rings is 1. The Hall–Kier alpha value is -1.07. The normalized spacial score (nSPS) is 11.0. The largest absolute Gasteiger partial charge is 0.308 e. The van der Waals surface area contributed by atoms with Gasteiger partial charge in [0.1, 0.15) is 0 Å². The number of nitrogens with zero attached hydrogens (tertiary/aromatic N) is 3. The topological polar surface area (TPSA) is 39.8 Å². The summed E-state index contributed by atoms with van der Waals surface area (Å²) in [7, 11) is 1.84. The van der Waals surface area contributed by atoms with Gasteiger partial charge < -0.3 is 4.57 Å². The van der Waals surface area contributed by atoms with Gasteiger partial charge in [0.15, 0.2) is 0 Å². The number of aromatic nitrogens is 3. The van der Waals surface area contributed by atoms with Crippen molar-refractivity contribution in [3.05, 3.63) is 49.1 Å². The van der Waals surface area contributed by atoms with E-state index in [0.29, 0.717) is 17.1 Å². The molecule has 6 heteroatoms. The fourth-order valence-corrected chi connectivity index (χ4v) is 2.95. The maximum atomic E-state index is 12.1. The number of halogens is 2. The van der Waals surface area contributed by atoms with E-state index in [1.807, 2.05) is 14.0 Å². The highest BCUT2D eigenvalue weighted by Gasteiger charge is 2.14. The van der Waals surface area contributed by atoms with Crippen molar-refractivity contribution in [3.63, 3.8) is 0 Å². The molecule has 0 aliphatic rings. The summed E-state index contributed by atoms with van der Waals surface area (Å²) in [6.45, 7) is 4.22. The van der Waals surface area contributed by atoms with Crippen LogP contribution in [0.2, 0.25) is 5.02 Å². The van der Waals surface area contributed by atoms with E-state index in [1.54, 1.807) is 28.4 Å². The monoisotopic (exact) mass is 343 g/mol. The smallest absolute Gasteiger partial charge is 0.253 e. The van der Waals surface area contributed by atoms with Gasteiger partial charge in [-0.15, -0.1) is 0 Å². The van der Waals surface area contributed by atoms with Crippen LogP contribution in [0.3, 0.4) is 0 Å². The Morgan fingerprint density at radius 2 is 2.16 bits per heavy atom. The van der Waals surface area contributed by atoms with Crippen molar-refractivity contribution in [1.29, 1.82) is 0 Å². The number of rotatable bonds is 3. The zero-order valence-electron chi connectivity index (χ0n) is 11.1. The predicted octanol–water partition coefficient (Wildman–Crippen LogP) is 2.92. The Balaban J connectivity index is 2.48. The van der Waals surface area contributed by atoms with E-state index in [4.69, 9.17) is 11.6 Å². The van der Waals surface area contributed by atoms with Crippen LogP contribution >= 0.6 is 27.5 Å². The van der Waals surface area contributed by atoms with Gasteiger partial charge in [0.2, 0.25) is 0 Å². The lowest BCUT2D eigenvalue weighted by molar-refractivity contribution is 0.646. The van der Waals surface area contributed by atoms with Crippen LogP contribution in [0, 0.1) is 6.92 Å². The van der Waals surface area contributed by atoms with Gasteiger partial charge in [0.25, 0.3) is 5.56 Å². The van der Waals surface area contributed by atoms with Crippen LogP contribution in [-0.4, -0.2) is 14.3 Å². The van der Waals surface area contributed by atoms with Gasteiger partial charge in [-0.25, -0.2) is 0 Å². The molecule has 0 unspecified atom stereocenters. The molecule has 2 aromatic rings. The highest BCUT2D eigenvalue weighted by Crippen LogP contribution is 2.21. The average Bonchev–Trinajstić information content (AvgIpc) is 2.62. The molecule has 0 saturated heterocycles. The Labute approximate surface area is 125 Å². The SMILES string of the molecule is CCc1nn(C)c(Cn2cc(Br)cc(C)c2=O)c1Cl. The standard InChI is InChI=1S/C13H15BrClN3O/c1-4-10-12(15)11(17(3)16-10)7-18-6-9(14)5-8(2)13(18)19/h5-6H,4,7H2,1-3H3. The molecule has 2 rings (SSSR count). The molecule has 0 amide bonds. The van der Waals surface area contributed by atoms with Crippen molar-refractivity contribution in [2.45, 2.75) is 26.8 Å². The first kappa shape index (κ1) is 14.3. The number of aryl methyl sites for hydroxylation is 3. The predicted molar refractivity (Wildman–Crippen MR) is 79.8 cm³/mol. The second kappa shape index (κ2) is 5.51. The summed E-state index contributed by atoms with van der Waals surface area (Å²) in [6, 6.07) is 1.81. The van der Waals surface area contributed by atoms with Crippen LogP contribution in [0.25, 0.3) is 0 Å². The minimum Gasteiger partial charge on any atom is -0.308 e. The lowest BCUT2D eigenvalue weighted by Gasteiger charge is -2.08. The van der Waals surface area contributed by atoms with Crippen molar-refractivity contribution in [1.82, 2.24) is 14.3 Å². The number of hydrogen-bond acceptors (Lipinski definition) is 2. The highest BCUT2D eigenvalue weighted by atomic mass is 79.9. The molecule has 102 valence electrons. The van der Waals surface area contributed by atoms with Crippen molar-refractivity contribution in [3.8, 4) is 0 Å². The summed E-state index contributed by atoms with van der Waals surface area (Å²) >= 11 is 9.70. The minimum atomic E-state index is -0.0153. The lowest BCUT2D eigenvalue weighted by Crippen LogP contribution is -2.23. The lowest BCUT2D eigenvalue weighted by atomic mass is 10.2. The molecule has 0 fully saturated rings. The van der Waals surface area contributed by atoms with E-state index < -0.39 is 0 Å². The van der Waals surface area contributed by atoms with Gasteiger partial charge in [0.05, 0.1) is 23.0 Å². The molecule has 0 aliphatic heterocycles. The van der Waals surface area contributed by atoms with Crippen molar-refractivity contribution < 1.29 is 0 Å². The molecule has 0 aliphatic carbocycles. The summed E-state index contributed by atoms with van der Waals surface area (Å²) in [6.07, 6.45) is 2.55. The fraction of sp³-hybridized carbons (Fsp3) is 0.385. The van der Waals surface area contributed by atoms with Gasteiger partial charge in [-0.05, 0) is 35.3 Å². The zero-order valence-corrected chi connectivity index (χ0v) is 13.4. The molecular weight excluding hydrogens is 330 g/mol. The van der Waals surface area contributed by atoms with Crippen LogP contribution in [0.15, 0.2) is 21.5 Å². The molecule has 4 nitrogen and oxygen atoms in total. The maximum absolute atomic E-state index is 12.1. The van der Waals surface area contributed by atoms with E-state index >= 15 is 0 Å². The molecule has 2 heterocycles. The van der Waals surface area contributed by atoms with Crippen LogP contribution in [0.1, 0.15) is 23.9 Å². The van der Waals surface area contributed by atoms with E-state index in [-0.39, 0.29) is 5.56 Å². The highest BCUT2D eigenvalue weighted by molar-refractivity contribution is 9.10. The molecule has 0 spiro atoms. The summed E-state index contributed by atoms with van der Waals surface area (Å²) in [5, 5.41) is 5.00. The molecule has 0 saturated carbocycles. The number of hydrogen-bond donors (Lipinski definition) is 0. The molecule has 0 bridgehead atoms. The molecule has 2 aromatic heterocycles. The quantitative estimate of drug-likeness (QED) is 0.859. The van der Waals surface area contributed by atoms with Crippen LogP contribution < -0.4 is 5.56 Å². The Morgan fingerprint density at radius 3 is 2.74 bits per heavy atom. The van der Waals surface area contributed by atoms with Crippen molar-refractivity contribution in [2.75, 3.05) is 0 Å². The van der Waals surface area contributed by atoms with E-state index in [9.17, 15) is 4.79 Å². The third-order valence-corrected chi connectivity index (χ3v) is 3.92. The maximum Gasteiger partial charge on any atom is 0.253 e. The molecule has 0 aromatic carbocycles. The molecule has 0 atom stereocenters. The first-order chi connectivity index (χ1) is 8.93. The Bertz CT molecular complexity index is 675. The summed E-state index contributed by atoms with van der Waals surface area (Å²) in [4.78, 5) is 12.1. The second-order valence-corrected chi connectivity index (χ2v) is 5.75. The summed E-state index contributed by atoms with van der Waals surface area (Å²) in [5.74, 6) is 0. The second-order valence-electron chi connectivity index (χ2n) is 4.46. The third-order valence-electron chi connectivity index (χ3n) is 3.05. The van der Waals surface area contributed by atoms with Crippen LogP contribution in [-0.2, 0) is 20.0 Å². The third kappa shape index (κ3) is 2.77. The van der Waals surface area contributed by atoms with E-state index in [2.05, 4.69) is 21.0 Å². The van der Waals surface area contributed by atoms with E-state index in [0.717, 1.165) is 22.3 Å². The van der Waals surface area contributed by atoms with Crippen LogP contribution in [0.4, 0.5) is 0 Å². The van der Waals surface area contributed by atoms with Gasteiger partial charge in [0, 0.05) is 23.3 Å². The Kier molecular flexibility index (Phi) is 4.16. The van der Waals surface area contributed by atoms with Gasteiger partial charge in [-0.1, -0.05) is 18.5 Å². The Morgan fingerprint density at radius 1 is 1.47 bits per heavy atom. The fourth-order valence-electron chi connectivity index (χ4n) is 2.01. The van der Waals surface area contributed by atoms with Crippen molar-refractivity contribution in [2.24, 2.45) is 7.05 Å². The minimum absolute atomic E-state index is 0.0153. The zero-order chi connectivity index (χ0) is 14.2. The van der Waals surface area contributed by atoms with Gasteiger partial charge >= 0.3 is 0 Å². The van der Waals surface area contributed by atoms with Gasteiger partial charge in [-0.3, -0.25) is 9.48 Å². The van der Waals surface area contributed by atoms with Crippen LogP contribution in [0.5, 0.6) is 0 Å². The molecular formula is C13H15BrClN3O.